The molecular weight excluding hydrogens is 244 g/mol. The van der Waals surface area contributed by atoms with Crippen molar-refractivity contribution in [1.29, 1.82) is 0 Å². The largest absolute Gasteiger partial charge is 0.458 e. The number of aliphatic hydroxyl groups excluding tert-OH is 1. The van der Waals surface area contributed by atoms with Crippen LogP contribution >= 0.6 is 0 Å². The second-order valence-corrected chi connectivity index (χ2v) is 6.18. The van der Waals surface area contributed by atoms with Crippen LogP contribution in [-0.2, 0) is 14.3 Å². The number of allylic oxidation sites excluding steroid dienone is 2. The lowest BCUT2D eigenvalue weighted by molar-refractivity contribution is -0.140. The number of hydrogen-bond acceptors (Lipinski definition) is 4. The molecule has 0 aromatic heterocycles. The van der Waals surface area contributed by atoms with Gasteiger partial charge in [0.2, 0.25) is 0 Å². The van der Waals surface area contributed by atoms with Crippen LogP contribution in [0.25, 0.3) is 0 Å². The van der Waals surface area contributed by atoms with E-state index < -0.39 is 23.4 Å². The number of ketones is 1. The van der Waals surface area contributed by atoms with Gasteiger partial charge >= 0.3 is 5.97 Å². The number of ether oxygens (including phenoxy) is 1. The molecule has 19 heavy (non-hydrogen) atoms. The van der Waals surface area contributed by atoms with Crippen molar-refractivity contribution in [2.24, 2.45) is 23.2 Å². The first kappa shape index (κ1) is 12.6. The molecule has 0 aromatic rings. The van der Waals surface area contributed by atoms with Crippen LogP contribution in [0.3, 0.4) is 0 Å². The Hall–Kier alpha value is -1.42. The highest BCUT2D eigenvalue weighted by Gasteiger charge is 2.59. The van der Waals surface area contributed by atoms with Gasteiger partial charge in [-0.3, -0.25) is 4.79 Å². The maximum Gasteiger partial charge on any atom is 0.334 e. The van der Waals surface area contributed by atoms with Gasteiger partial charge in [0.05, 0.1) is 17.4 Å². The van der Waals surface area contributed by atoms with E-state index in [1.165, 1.54) is 0 Å². The predicted molar refractivity (Wildman–Crippen MR) is 68.0 cm³/mol. The highest BCUT2D eigenvalue weighted by atomic mass is 16.6. The van der Waals surface area contributed by atoms with Crippen LogP contribution in [0.1, 0.15) is 20.3 Å². The summed E-state index contributed by atoms with van der Waals surface area (Å²) in [6.45, 7) is 7.57. The molecule has 0 bridgehead atoms. The zero-order chi connectivity index (χ0) is 13.9. The normalized spacial score (nSPS) is 48.8. The lowest BCUT2D eigenvalue weighted by Gasteiger charge is -2.37. The number of aliphatic hydroxyl groups is 1. The zero-order valence-corrected chi connectivity index (χ0v) is 11.1. The average molecular weight is 262 g/mol. The van der Waals surface area contributed by atoms with Crippen molar-refractivity contribution in [3.8, 4) is 0 Å². The summed E-state index contributed by atoms with van der Waals surface area (Å²) in [5, 5.41) is 10.7. The Morgan fingerprint density at radius 3 is 2.84 bits per heavy atom. The lowest BCUT2D eigenvalue weighted by atomic mass is 9.67. The molecule has 3 aliphatic rings. The monoisotopic (exact) mass is 262 g/mol. The van der Waals surface area contributed by atoms with E-state index in [0.29, 0.717) is 12.0 Å². The van der Waals surface area contributed by atoms with Gasteiger partial charge in [0.1, 0.15) is 6.10 Å². The molecule has 1 saturated heterocycles. The fraction of sp³-hybridized carbons (Fsp3) is 0.600. The highest BCUT2D eigenvalue weighted by molar-refractivity contribution is 5.99. The molecule has 1 heterocycles. The first-order valence-corrected chi connectivity index (χ1v) is 6.68. The van der Waals surface area contributed by atoms with Gasteiger partial charge in [0, 0.05) is 5.57 Å². The van der Waals surface area contributed by atoms with Crippen molar-refractivity contribution < 1.29 is 19.4 Å². The van der Waals surface area contributed by atoms with E-state index in [2.05, 4.69) is 6.58 Å². The van der Waals surface area contributed by atoms with Crippen LogP contribution in [0.5, 0.6) is 0 Å². The quantitative estimate of drug-likeness (QED) is 0.527. The molecular formula is C15H18O4. The molecule has 102 valence electrons. The van der Waals surface area contributed by atoms with Crippen LogP contribution in [0.2, 0.25) is 0 Å². The summed E-state index contributed by atoms with van der Waals surface area (Å²) >= 11 is 0. The Labute approximate surface area is 112 Å². The van der Waals surface area contributed by atoms with Gasteiger partial charge in [0.25, 0.3) is 0 Å². The molecule has 1 aliphatic heterocycles. The van der Waals surface area contributed by atoms with Crippen LogP contribution in [0, 0.1) is 23.2 Å². The molecule has 3 rings (SSSR count). The summed E-state index contributed by atoms with van der Waals surface area (Å²) in [7, 11) is 0. The minimum Gasteiger partial charge on any atom is -0.458 e. The fourth-order valence-corrected chi connectivity index (χ4v) is 3.98. The molecule has 0 amide bonds. The van der Waals surface area contributed by atoms with Crippen molar-refractivity contribution in [2.75, 3.05) is 0 Å². The Morgan fingerprint density at radius 2 is 2.16 bits per heavy atom. The van der Waals surface area contributed by atoms with Crippen LogP contribution in [0.4, 0.5) is 0 Å². The molecule has 0 spiro atoms. The summed E-state index contributed by atoms with van der Waals surface area (Å²) < 4.78 is 5.31. The third-order valence-electron chi connectivity index (χ3n) is 5.17. The standard InChI is InChI=1S/C15H18O4/c1-7-6-10-12(8(2)14(18)19-10)13(17)15(3)9(7)4-5-11(15)16/h4-5,7,9-10,12-13,17H,2,6H2,1,3H3/t7-,9+,10?,12-,13-,15+/m1/s1. The second-order valence-electron chi connectivity index (χ2n) is 6.18. The number of carbonyl (C=O) groups is 2. The molecule has 0 radical (unpaired) electrons. The number of hydrogen-bond donors (Lipinski definition) is 1. The summed E-state index contributed by atoms with van der Waals surface area (Å²) in [6.07, 6.45) is 2.83. The van der Waals surface area contributed by atoms with Gasteiger partial charge < -0.3 is 9.84 Å². The third kappa shape index (κ3) is 1.43. The Bertz CT molecular complexity index is 506. The summed E-state index contributed by atoms with van der Waals surface area (Å²) in [4.78, 5) is 23.9. The minimum atomic E-state index is -0.922. The van der Waals surface area contributed by atoms with Crippen molar-refractivity contribution in [2.45, 2.75) is 32.5 Å². The van der Waals surface area contributed by atoms with Crippen molar-refractivity contribution >= 4 is 11.8 Å². The second kappa shape index (κ2) is 3.79. The third-order valence-corrected chi connectivity index (χ3v) is 5.17. The van der Waals surface area contributed by atoms with Crippen LogP contribution in [-0.4, -0.2) is 29.1 Å². The number of esters is 1. The lowest BCUT2D eigenvalue weighted by Crippen LogP contribution is -2.46. The Kier molecular flexibility index (Phi) is 2.52. The molecule has 0 aromatic carbocycles. The van der Waals surface area contributed by atoms with Gasteiger partial charge in [0.15, 0.2) is 5.78 Å². The summed E-state index contributed by atoms with van der Waals surface area (Å²) in [5.74, 6) is -0.802. The molecule has 4 nitrogen and oxygen atoms in total. The van der Waals surface area contributed by atoms with Crippen LogP contribution in [0.15, 0.2) is 24.3 Å². The van der Waals surface area contributed by atoms with E-state index in [4.69, 9.17) is 4.74 Å². The van der Waals surface area contributed by atoms with E-state index in [-0.39, 0.29) is 23.7 Å². The zero-order valence-electron chi connectivity index (χ0n) is 11.1. The molecule has 1 N–H and O–H groups in total. The first-order chi connectivity index (χ1) is 8.87. The SMILES string of the molecule is C=C1C(=O)OC2C[C@@H](C)[C@@H]3C=CC(=O)[C@@]3(C)[C@H](O)[C@H]12. The number of rotatable bonds is 0. The van der Waals surface area contributed by atoms with E-state index in [0.717, 1.165) is 0 Å². The van der Waals surface area contributed by atoms with Crippen molar-refractivity contribution in [3.63, 3.8) is 0 Å². The molecule has 2 aliphatic carbocycles. The van der Waals surface area contributed by atoms with Crippen molar-refractivity contribution in [3.05, 3.63) is 24.3 Å². The molecule has 1 saturated carbocycles. The van der Waals surface area contributed by atoms with Gasteiger partial charge in [-0.25, -0.2) is 4.79 Å². The van der Waals surface area contributed by atoms with E-state index in [9.17, 15) is 14.7 Å². The smallest absolute Gasteiger partial charge is 0.334 e. The number of carbonyl (C=O) groups excluding carboxylic acids is 2. The Morgan fingerprint density at radius 1 is 1.47 bits per heavy atom. The number of fused-ring (bicyclic) bond motifs is 2. The fourth-order valence-electron chi connectivity index (χ4n) is 3.98. The maximum atomic E-state index is 12.2. The van der Waals surface area contributed by atoms with E-state index in [1.807, 2.05) is 13.0 Å². The Balaban J connectivity index is 2.08. The van der Waals surface area contributed by atoms with E-state index >= 15 is 0 Å². The minimum absolute atomic E-state index is 0.00731. The molecule has 2 fully saturated rings. The molecule has 6 atom stereocenters. The first-order valence-electron chi connectivity index (χ1n) is 6.68. The molecule has 1 unspecified atom stereocenters. The summed E-state index contributed by atoms with van der Waals surface area (Å²) in [6, 6.07) is 0. The van der Waals surface area contributed by atoms with Gasteiger partial charge in [-0.15, -0.1) is 0 Å². The van der Waals surface area contributed by atoms with E-state index in [1.54, 1.807) is 13.0 Å². The highest BCUT2D eigenvalue weighted by Crippen LogP contribution is 2.52. The average Bonchev–Trinajstić information content (AvgIpc) is 2.77. The molecule has 4 heteroatoms. The predicted octanol–water partition coefficient (Wildman–Crippen LogP) is 1.25. The topological polar surface area (TPSA) is 63.6 Å². The van der Waals surface area contributed by atoms with Gasteiger partial charge in [-0.1, -0.05) is 19.6 Å². The van der Waals surface area contributed by atoms with Gasteiger partial charge in [-0.2, -0.15) is 0 Å². The van der Waals surface area contributed by atoms with Crippen LogP contribution < -0.4 is 0 Å². The summed E-state index contributed by atoms with van der Waals surface area (Å²) in [5.41, 5.74) is -0.568. The van der Waals surface area contributed by atoms with Gasteiger partial charge in [-0.05, 0) is 31.3 Å². The maximum absolute atomic E-state index is 12.2. The van der Waals surface area contributed by atoms with Crippen molar-refractivity contribution in [1.82, 2.24) is 0 Å².